The van der Waals surface area contributed by atoms with Crippen molar-refractivity contribution in [2.75, 3.05) is 0 Å². The minimum atomic E-state index is -1.18. The molecule has 0 saturated carbocycles. The average molecular weight is 438 g/mol. The Bertz CT molecular complexity index is 1060. The van der Waals surface area contributed by atoms with Crippen LogP contribution >= 0.6 is 11.6 Å². The van der Waals surface area contributed by atoms with Gasteiger partial charge in [0.2, 0.25) is 5.75 Å². The fourth-order valence-electron chi connectivity index (χ4n) is 3.48. The number of aliphatic hydroxyl groups excluding tert-OH is 1. The highest BCUT2D eigenvalue weighted by atomic mass is 35.5. The van der Waals surface area contributed by atoms with Gasteiger partial charge < -0.3 is 14.6 Å². The summed E-state index contributed by atoms with van der Waals surface area (Å²) in [6, 6.07) is 4.64. The van der Waals surface area contributed by atoms with Gasteiger partial charge in [-0.3, -0.25) is 4.79 Å². The van der Waals surface area contributed by atoms with Crippen molar-refractivity contribution in [3.63, 3.8) is 0 Å². The molecular weight excluding hydrogens is 416 g/mol. The average Bonchev–Trinajstić information content (AvgIpc) is 2.67. The molecular formula is C22H22ClF2NO4. The summed E-state index contributed by atoms with van der Waals surface area (Å²) in [4.78, 5) is 16.5. The Hall–Kier alpha value is -2.51. The number of nitrogens with zero attached hydrogens (tertiary/aromatic N) is 1. The van der Waals surface area contributed by atoms with Crippen molar-refractivity contribution < 1.29 is 28.2 Å². The van der Waals surface area contributed by atoms with E-state index in [2.05, 4.69) is 4.98 Å². The number of aromatic nitrogens is 1. The lowest BCUT2D eigenvalue weighted by Gasteiger charge is -2.40. The Morgan fingerprint density at radius 1 is 1.20 bits per heavy atom. The Labute approximate surface area is 178 Å². The summed E-state index contributed by atoms with van der Waals surface area (Å²) >= 11 is 5.67. The van der Waals surface area contributed by atoms with Crippen LogP contribution in [0.3, 0.4) is 0 Å². The van der Waals surface area contributed by atoms with Gasteiger partial charge in [0.1, 0.15) is 22.7 Å². The second-order valence-electron chi connectivity index (χ2n) is 7.99. The molecule has 8 heteroatoms. The van der Waals surface area contributed by atoms with Gasteiger partial charge in [-0.2, -0.15) is 4.39 Å². The standard InChI is InChI=1S/C22H22ClF2NO4/c1-6-11-7-8-12(29-17-16(24)14(23)10-26-20(17)25)9-13(11)15-18(27)21(2,3)30-22(4,5)19(15)28/h7-10,27H,6H2,1-5H3. The zero-order chi connectivity index (χ0) is 22.4. The molecule has 2 heterocycles. The molecule has 3 rings (SSSR count). The summed E-state index contributed by atoms with van der Waals surface area (Å²) in [6.45, 7) is 8.45. The number of Topliss-reactive ketones (excluding diaryl/α,β-unsaturated/α-hetero) is 1. The van der Waals surface area contributed by atoms with Gasteiger partial charge in [0.05, 0.1) is 16.8 Å². The third-order valence-electron chi connectivity index (χ3n) is 4.93. The van der Waals surface area contributed by atoms with Crippen molar-refractivity contribution in [1.29, 1.82) is 0 Å². The van der Waals surface area contributed by atoms with Crippen molar-refractivity contribution in [3.05, 3.63) is 58.1 Å². The first kappa shape index (κ1) is 22.2. The van der Waals surface area contributed by atoms with Gasteiger partial charge in [0.15, 0.2) is 11.6 Å². The van der Waals surface area contributed by atoms with E-state index in [0.29, 0.717) is 12.0 Å². The summed E-state index contributed by atoms with van der Waals surface area (Å²) in [5, 5.41) is 10.4. The number of pyridine rings is 1. The van der Waals surface area contributed by atoms with Gasteiger partial charge in [-0.25, -0.2) is 9.37 Å². The molecule has 0 bridgehead atoms. The van der Waals surface area contributed by atoms with Crippen LogP contribution in [0.2, 0.25) is 5.02 Å². The number of aryl methyl sites for hydroxylation is 1. The fraction of sp³-hybridized carbons (Fsp3) is 0.364. The quantitative estimate of drug-likeness (QED) is 0.613. The number of hydrogen-bond donors (Lipinski definition) is 1. The van der Waals surface area contributed by atoms with E-state index in [1.807, 2.05) is 6.92 Å². The molecule has 5 nitrogen and oxygen atoms in total. The monoisotopic (exact) mass is 437 g/mol. The van der Waals surface area contributed by atoms with Gasteiger partial charge in [-0.1, -0.05) is 24.6 Å². The van der Waals surface area contributed by atoms with Gasteiger partial charge in [0.25, 0.3) is 5.95 Å². The van der Waals surface area contributed by atoms with Gasteiger partial charge >= 0.3 is 0 Å². The first-order valence-electron chi connectivity index (χ1n) is 9.38. The van der Waals surface area contributed by atoms with Crippen LogP contribution in [-0.2, 0) is 16.0 Å². The molecule has 0 saturated heterocycles. The fourth-order valence-corrected chi connectivity index (χ4v) is 3.62. The molecule has 0 amide bonds. The molecule has 1 aliphatic rings. The summed E-state index contributed by atoms with van der Waals surface area (Å²) in [5.41, 5.74) is -1.05. The van der Waals surface area contributed by atoms with Crippen LogP contribution in [0.4, 0.5) is 8.78 Å². The first-order valence-corrected chi connectivity index (χ1v) is 9.76. The SMILES string of the molecule is CCc1ccc(Oc2c(F)ncc(Cl)c2F)cc1C1=C(O)C(C)(C)OC(C)(C)C1=O. The van der Waals surface area contributed by atoms with Crippen LogP contribution in [0.1, 0.15) is 45.7 Å². The van der Waals surface area contributed by atoms with E-state index in [9.17, 15) is 18.7 Å². The van der Waals surface area contributed by atoms with E-state index < -0.39 is 34.5 Å². The minimum Gasteiger partial charge on any atom is -0.508 e. The third-order valence-corrected chi connectivity index (χ3v) is 5.19. The number of halogens is 3. The molecule has 0 aliphatic carbocycles. The van der Waals surface area contributed by atoms with Crippen molar-refractivity contribution in [3.8, 4) is 11.5 Å². The van der Waals surface area contributed by atoms with Crippen LogP contribution < -0.4 is 4.74 Å². The lowest BCUT2D eigenvalue weighted by Crippen LogP contribution is -2.49. The number of rotatable bonds is 4. The predicted molar refractivity (Wildman–Crippen MR) is 109 cm³/mol. The van der Waals surface area contributed by atoms with Gasteiger partial charge in [-0.05, 0) is 57.4 Å². The second-order valence-corrected chi connectivity index (χ2v) is 8.40. The number of ketones is 1. The van der Waals surface area contributed by atoms with Crippen LogP contribution in [0, 0.1) is 11.8 Å². The van der Waals surface area contributed by atoms with Crippen molar-refractivity contribution in [2.24, 2.45) is 0 Å². The van der Waals surface area contributed by atoms with Gasteiger partial charge in [0, 0.05) is 0 Å². The van der Waals surface area contributed by atoms with Crippen LogP contribution in [0.5, 0.6) is 11.5 Å². The third kappa shape index (κ3) is 3.79. The summed E-state index contributed by atoms with van der Waals surface area (Å²) < 4.78 is 39.4. The largest absolute Gasteiger partial charge is 0.508 e. The summed E-state index contributed by atoms with van der Waals surface area (Å²) in [5.74, 6) is -3.58. The van der Waals surface area contributed by atoms with Crippen molar-refractivity contribution in [1.82, 2.24) is 4.98 Å². The summed E-state index contributed by atoms with van der Waals surface area (Å²) in [7, 11) is 0. The second kappa shape index (κ2) is 7.63. The molecule has 30 heavy (non-hydrogen) atoms. The van der Waals surface area contributed by atoms with Crippen molar-refractivity contribution in [2.45, 2.75) is 52.2 Å². The Kier molecular flexibility index (Phi) is 5.64. The molecule has 0 atom stereocenters. The zero-order valence-corrected chi connectivity index (χ0v) is 18.0. The molecule has 0 fully saturated rings. The minimum absolute atomic E-state index is 0.0549. The number of aliphatic hydroxyl groups is 1. The number of carbonyl (C=O) groups is 1. The molecule has 1 aliphatic heterocycles. The predicted octanol–water partition coefficient (Wildman–Crippen LogP) is 5.79. The highest BCUT2D eigenvalue weighted by molar-refractivity contribution is 6.30. The Morgan fingerprint density at radius 2 is 1.87 bits per heavy atom. The number of carbonyl (C=O) groups excluding carboxylic acids is 1. The maximum Gasteiger partial charge on any atom is 0.259 e. The topological polar surface area (TPSA) is 68.7 Å². The lowest BCUT2D eigenvalue weighted by atomic mass is 9.81. The number of benzene rings is 1. The Morgan fingerprint density at radius 3 is 2.50 bits per heavy atom. The van der Waals surface area contributed by atoms with E-state index in [1.54, 1.807) is 33.8 Å². The maximum absolute atomic E-state index is 14.2. The molecule has 0 spiro atoms. The van der Waals surface area contributed by atoms with E-state index >= 15 is 0 Å². The van der Waals surface area contributed by atoms with Crippen molar-refractivity contribution >= 4 is 23.0 Å². The highest BCUT2D eigenvalue weighted by Gasteiger charge is 2.47. The number of ether oxygens (including phenoxy) is 2. The number of hydrogen-bond acceptors (Lipinski definition) is 5. The smallest absolute Gasteiger partial charge is 0.259 e. The van der Waals surface area contributed by atoms with Crippen LogP contribution in [-0.4, -0.2) is 27.1 Å². The normalized spacial score (nSPS) is 17.9. The maximum atomic E-state index is 14.2. The molecule has 2 aromatic rings. The van der Waals surface area contributed by atoms with E-state index in [1.165, 1.54) is 12.1 Å². The molecule has 1 N–H and O–H groups in total. The molecule has 1 aromatic carbocycles. The zero-order valence-electron chi connectivity index (χ0n) is 17.3. The highest BCUT2D eigenvalue weighted by Crippen LogP contribution is 2.42. The van der Waals surface area contributed by atoms with Gasteiger partial charge in [-0.15, -0.1) is 0 Å². The van der Waals surface area contributed by atoms with E-state index in [4.69, 9.17) is 21.1 Å². The first-order chi connectivity index (χ1) is 13.9. The van der Waals surface area contributed by atoms with E-state index in [-0.39, 0.29) is 22.1 Å². The Balaban J connectivity index is 2.17. The molecule has 0 unspecified atom stereocenters. The van der Waals surface area contributed by atoms with E-state index in [0.717, 1.165) is 11.8 Å². The van der Waals surface area contributed by atoms with Crippen LogP contribution in [0.15, 0.2) is 30.2 Å². The van der Waals surface area contributed by atoms with Crippen LogP contribution in [0.25, 0.3) is 5.57 Å². The molecule has 160 valence electrons. The lowest BCUT2D eigenvalue weighted by molar-refractivity contribution is -0.158. The molecule has 1 aromatic heterocycles. The molecule has 0 radical (unpaired) electrons. The summed E-state index contributed by atoms with van der Waals surface area (Å²) in [6.07, 6.45) is 1.39.